The lowest BCUT2D eigenvalue weighted by atomic mass is 10.4. The van der Waals surface area contributed by atoms with E-state index in [2.05, 4.69) is 27.5 Å². The molecular weight excluding hydrogens is 264 g/mol. The van der Waals surface area contributed by atoms with Gasteiger partial charge in [-0.3, -0.25) is 4.79 Å². The number of nitrogen functional groups attached to an aromatic ring is 1. The molecule has 0 aliphatic heterocycles. The minimum atomic E-state index is -0.215. The van der Waals surface area contributed by atoms with Crippen molar-refractivity contribution in [3.05, 3.63) is 4.88 Å². The van der Waals surface area contributed by atoms with Gasteiger partial charge in [-0.2, -0.15) is 0 Å². The van der Waals surface area contributed by atoms with E-state index in [1.807, 2.05) is 0 Å². The van der Waals surface area contributed by atoms with Gasteiger partial charge in [0.2, 0.25) is 0 Å². The Hall–Kier alpha value is -1.78. The highest BCUT2D eigenvalue weighted by Gasteiger charge is 2.15. The number of carbonyl (C=O) groups is 1. The molecule has 1 heterocycles. The molecule has 104 valence electrons. The molecule has 7 heteroatoms. The standard InChI is InChI=1S/C12H18N4O2S/c1-3-4-5-6-14-11(17)9-10(13)16-12(19-9)15-7-8-18-2/h5-8,13H2,1-2H3,(H,14,17)(H,15,16). The Morgan fingerprint density at radius 2 is 2.32 bits per heavy atom. The second-order valence-corrected chi connectivity index (χ2v) is 4.58. The zero-order valence-electron chi connectivity index (χ0n) is 11.1. The lowest BCUT2D eigenvalue weighted by Gasteiger charge is -2.00. The van der Waals surface area contributed by atoms with Crippen LogP contribution in [0, 0.1) is 11.8 Å². The van der Waals surface area contributed by atoms with Crippen LogP contribution in [0.25, 0.3) is 0 Å². The smallest absolute Gasteiger partial charge is 0.265 e. The molecule has 1 aromatic heterocycles. The maximum absolute atomic E-state index is 11.9. The monoisotopic (exact) mass is 282 g/mol. The summed E-state index contributed by atoms with van der Waals surface area (Å²) < 4.78 is 4.92. The second-order valence-electron chi connectivity index (χ2n) is 3.59. The van der Waals surface area contributed by atoms with Gasteiger partial charge in [0, 0.05) is 26.6 Å². The second kappa shape index (κ2) is 8.34. The summed E-state index contributed by atoms with van der Waals surface area (Å²) in [6.45, 7) is 3.46. The summed E-state index contributed by atoms with van der Waals surface area (Å²) >= 11 is 1.23. The molecule has 0 spiro atoms. The minimum absolute atomic E-state index is 0.215. The van der Waals surface area contributed by atoms with Crippen LogP contribution in [0.2, 0.25) is 0 Å². The molecule has 1 amide bonds. The lowest BCUT2D eigenvalue weighted by Crippen LogP contribution is -2.24. The predicted molar refractivity (Wildman–Crippen MR) is 77.3 cm³/mol. The maximum Gasteiger partial charge on any atom is 0.265 e. The van der Waals surface area contributed by atoms with E-state index in [1.54, 1.807) is 14.0 Å². The van der Waals surface area contributed by atoms with Crippen LogP contribution in [-0.4, -0.2) is 37.7 Å². The number of aromatic nitrogens is 1. The summed E-state index contributed by atoms with van der Waals surface area (Å²) in [4.78, 5) is 16.4. The van der Waals surface area contributed by atoms with E-state index >= 15 is 0 Å². The maximum atomic E-state index is 11.9. The predicted octanol–water partition coefficient (Wildman–Crippen LogP) is 0.927. The van der Waals surface area contributed by atoms with E-state index in [4.69, 9.17) is 10.5 Å². The Morgan fingerprint density at radius 1 is 1.53 bits per heavy atom. The molecule has 0 saturated carbocycles. The Morgan fingerprint density at radius 3 is 3.00 bits per heavy atom. The van der Waals surface area contributed by atoms with E-state index in [0.29, 0.717) is 36.1 Å². The average molecular weight is 282 g/mol. The fraction of sp³-hybridized carbons (Fsp3) is 0.500. The van der Waals surface area contributed by atoms with Crippen LogP contribution < -0.4 is 16.4 Å². The molecule has 0 aliphatic carbocycles. The largest absolute Gasteiger partial charge is 0.383 e. The number of nitrogens with two attached hydrogens (primary N) is 1. The van der Waals surface area contributed by atoms with Crippen LogP contribution in [0.3, 0.4) is 0 Å². The molecule has 0 atom stereocenters. The molecule has 1 rings (SSSR count). The zero-order chi connectivity index (χ0) is 14.1. The van der Waals surface area contributed by atoms with Crippen LogP contribution in [0.15, 0.2) is 0 Å². The lowest BCUT2D eigenvalue weighted by molar-refractivity contribution is 0.0959. The molecule has 1 aromatic rings. The van der Waals surface area contributed by atoms with Crippen molar-refractivity contribution in [2.24, 2.45) is 0 Å². The molecule has 0 bridgehead atoms. The fourth-order valence-electron chi connectivity index (χ4n) is 1.27. The van der Waals surface area contributed by atoms with Gasteiger partial charge in [-0.25, -0.2) is 4.98 Å². The number of carbonyl (C=O) groups excluding carboxylic acids is 1. The van der Waals surface area contributed by atoms with Gasteiger partial charge in [-0.1, -0.05) is 11.3 Å². The summed E-state index contributed by atoms with van der Waals surface area (Å²) in [6.07, 6.45) is 0.625. The molecule has 0 radical (unpaired) electrons. The van der Waals surface area contributed by atoms with E-state index in [-0.39, 0.29) is 11.7 Å². The van der Waals surface area contributed by atoms with E-state index in [9.17, 15) is 4.79 Å². The van der Waals surface area contributed by atoms with Crippen LogP contribution in [0.5, 0.6) is 0 Å². The molecular formula is C12H18N4O2S. The van der Waals surface area contributed by atoms with Crippen molar-refractivity contribution >= 4 is 28.2 Å². The molecule has 0 saturated heterocycles. The summed E-state index contributed by atoms with van der Waals surface area (Å²) in [5.41, 5.74) is 5.72. The number of thiazole rings is 1. The summed E-state index contributed by atoms with van der Waals surface area (Å²) in [5.74, 6) is 5.67. The van der Waals surface area contributed by atoms with Crippen molar-refractivity contribution in [1.29, 1.82) is 0 Å². The van der Waals surface area contributed by atoms with Gasteiger partial charge in [-0.05, 0) is 6.92 Å². The highest BCUT2D eigenvalue weighted by molar-refractivity contribution is 7.18. The van der Waals surface area contributed by atoms with Crippen molar-refractivity contribution < 1.29 is 9.53 Å². The quantitative estimate of drug-likeness (QED) is 0.511. The first-order valence-electron chi connectivity index (χ1n) is 5.86. The molecule has 19 heavy (non-hydrogen) atoms. The molecule has 0 fully saturated rings. The number of hydrogen-bond donors (Lipinski definition) is 3. The van der Waals surface area contributed by atoms with Crippen LogP contribution in [-0.2, 0) is 4.74 Å². The Balaban J connectivity index is 2.51. The Bertz CT molecular complexity index is 476. The van der Waals surface area contributed by atoms with Crippen molar-refractivity contribution in [2.75, 3.05) is 37.9 Å². The zero-order valence-corrected chi connectivity index (χ0v) is 11.9. The molecule has 0 unspecified atom stereocenters. The number of hydrogen-bond acceptors (Lipinski definition) is 6. The highest BCUT2D eigenvalue weighted by Crippen LogP contribution is 2.24. The average Bonchev–Trinajstić information content (AvgIpc) is 2.76. The normalized spacial score (nSPS) is 9.58. The van der Waals surface area contributed by atoms with Crippen LogP contribution >= 0.6 is 11.3 Å². The van der Waals surface area contributed by atoms with Gasteiger partial charge in [-0.15, -0.1) is 11.8 Å². The SMILES string of the molecule is CC#CCCNC(=O)c1sc(NCCOC)nc1N. The van der Waals surface area contributed by atoms with Crippen molar-refractivity contribution in [3.63, 3.8) is 0 Å². The first-order valence-corrected chi connectivity index (χ1v) is 6.67. The minimum Gasteiger partial charge on any atom is -0.383 e. The molecule has 6 nitrogen and oxygen atoms in total. The third-order valence-electron chi connectivity index (χ3n) is 2.15. The fourth-order valence-corrected chi connectivity index (χ4v) is 2.10. The number of methoxy groups -OCH3 is 1. The van der Waals surface area contributed by atoms with Gasteiger partial charge >= 0.3 is 0 Å². The first kappa shape index (κ1) is 15.3. The number of nitrogens with one attached hydrogen (secondary N) is 2. The number of ether oxygens (including phenoxy) is 1. The Kier molecular flexibility index (Phi) is 6.71. The summed E-state index contributed by atoms with van der Waals surface area (Å²) in [6, 6.07) is 0. The van der Waals surface area contributed by atoms with E-state index in [0.717, 1.165) is 0 Å². The molecule has 0 aliphatic rings. The van der Waals surface area contributed by atoms with Crippen molar-refractivity contribution in [1.82, 2.24) is 10.3 Å². The van der Waals surface area contributed by atoms with Gasteiger partial charge in [0.15, 0.2) is 5.13 Å². The first-order chi connectivity index (χ1) is 9.19. The Labute approximate surface area is 116 Å². The van der Waals surface area contributed by atoms with Crippen molar-refractivity contribution in [3.8, 4) is 11.8 Å². The van der Waals surface area contributed by atoms with Crippen LogP contribution in [0.4, 0.5) is 10.9 Å². The third kappa shape index (κ3) is 5.16. The number of rotatable bonds is 7. The van der Waals surface area contributed by atoms with Gasteiger partial charge in [0.25, 0.3) is 5.91 Å². The highest BCUT2D eigenvalue weighted by atomic mass is 32.1. The van der Waals surface area contributed by atoms with E-state index < -0.39 is 0 Å². The number of amides is 1. The van der Waals surface area contributed by atoms with Gasteiger partial charge in [0.05, 0.1) is 6.61 Å². The molecule has 0 aromatic carbocycles. The summed E-state index contributed by atoms with van der Waals surface area (Å²) in [5, 5.41) is 6.41. The van der Waals surface area contributed by atoms with Gasteiger partial charge in [0.1, 0.15) is 10.7 Å². The topological polar surface area (TPSA) is 89.3 Å². The van der Waals surface area contributed by atoms with Crippen LogP contribution in [0.1, 0.15) is 23.0 Å². The van der Waals surface area contributed by atoms with Gasteiger partial charge < -0.3 is 21.1 Å². The third-order valence-corrected chi connectivity index (χ3v) is 3.18. The van der Waals surface area contributed by atoms with Crippen molar-refractivity contribution in [2.45, 2.75) is 13.3 Å². The van der Waals surface area contributed by atoms with E-state index in [1.165, 1.54) is 11.3 Å². The number of nitrogens with zero attached hydrogens (tertiary/aromatic N) is 1. The summed E-state index contributed by atoms with van der Waals surface area (Å²) in [7, 11) is 1.62. The molecule has 4 N–H and O–H groups in total. The number of anilines is 2.